The van der Waals surface area contributed by atoms with Crippen LogP contribution in [0.25, 0.3) is 0 Å². The number of anilines is 1. The van der Waals surface area contributed by atoms with E-state index in [2.05, 4.69) is 10.3 Å². The molecule has 2 heterocycles. The number of ether oxygens (including phenoxy) is 1. The lowest BCUT2D eigenvalue weighted by molar-refractivity contribution is -0.149. The van der Waals surface area contributed by atoms with Crippen LogP contribution in [0.2, 0.25) is 0 Å². The second kappa shape index (κ2) is 14.3. The minimum atomic E-state index is -4.68. The summed E-state index contributed by atoms with van der Waals surface area (Å²) in [5, 5.41) is 21.6. The van der Waals surface area contributed by atoms with E-state index in [1.54, 1.807) is 0 Å². The molecular weight excluding hydrogens is 608 g/mol. The lowest BCUT2D eigenvalue weighted by Crippen LogP contribution is -2.44. The van der Waals surface area contributed by atoms with E-state index < -0.39 is 57.0 Å². The van der Waals surface area contributed by atoms with Crippen LogP contribution in [0.15, 0.2) is 66.0 Å². The maximum absolute atomic E-state index is 14.0. The number of carboxylic acid groups (broad SMARTS) is 2. The van der Waals surface area contributed by atoms with Gasteiger partial charge in [0.25, 0.3) is 16.0 Å². The van der Waals surface area contributed by atoms with E-state index in [1.807, 2.05) is 6.92 Å². The van der Waals surface area contributed by atoms with Gasteiger partial charge in [-0.2, -0.15) is 8.42 Å². The van der Waals surface area contributed by atoms with Crippen LogP contribution in [0.5, 0.6) is 5.75 Å². The number of rotatable bonds is 14. The fraction of sp³-hybridized carbons (Fsp3) is 0.367. The van der Waals surface area contributed by atoms with Crippen LogP contribution in [0, 0.1) is 0 Å². The largest absolute Gasteiger partial charge is 0.488 e. The summed E-state index contributed by atoms with van der Waals surface area (Å²) in [4.78, 5) is 55.0. The van der Waals surface area contributed by atoms with Gasteiger partial charge in [-0.15, -0.1) is 0 Å². The molecule has 3 aromatic rings. The maximum atomic E-state index is 14.0. The second-order valence-electron chi connectivity index (χ2n) is 10.6. The third-order valence-corrected chi connectivity index (χ3v) is 8.38. The molecule has 14 nitrogen and oxygen atoms in total. The number of aromatic nitrogens is 2. The highest BCUT2D eigenvalue weighted by molar-refractivity contribution is 7.86. The van der Waals surface area contributed by atoms with Crippen molar-refractivity contribution in [3.05, 3.63) is 72.2 Å². The van der Waals surface area contributed by atoms with Gasteiger partial charge in [0.15, 0.2) is 5.82 Å². The van der Waals surface area contributed by atoms with Crippen molar-refractivity contribution in [2.24, 2.45) is 0 Å². The van der Waals surface area contributed by atoms with Gasteiger partial charge in [0.05, 0.1) is 24.0 Å². The number of hydrogen-bond donors (Lipinski definition) is 4. The number of amides is 2. The van der Waals surface area contributed by atoms with Crippen molar-refractivity contribution in [3.8, 4) is 5.75 Å². The van der Waals surface area contributed by atoms with E-state index in [1.165, 1.54) is 64.5 Å². The quantitative estimate of drug-likeness (QED) is 0.147. The van der Waals surface area contributed by atoms with E-state index in [0.717, 1.165) is 25.3 Å². The zero-order valence-electron chi connectivity index (χ0n) is 24.4. The van der Waals surface area contributed by atoms with E-state index in [9.17, 15) is 37.3 Å². The summed E-state index contributed by atoms with van der Waals surface area (Å²) in [5.41, 5.74) is -0.231. The number of benzene rings is 2. The summed E-state index contributed by atoms with van der Waals surface area (Å²) in [6.45, 7) is 2.03. The first-order valence-corrected chi connectivity index (χ1v) is 15.8. The van der Waals surface area contributed by atoms with Gasteiger partial charge in [-0.3, -0.25) is 14.1 Å². The highest BCUT2D eigenvalue weighted by Crippen LogP contribution is 2.29. The lowest BCUT2D eigenvalue weighted by atomic mass is 10.1. The Morgan fingerprint density at radius 1 is 1.04 bits per heavy atom. The van der Waals surface area contributed by atoms with Crippen LogP contribution in [0.1, 0.15) is 72.2 Å². The van der Waals surface area contributed by atoms with E-state index >= 15 is 0 Å². The van der Waals surface area contributed by atoms with Crippen molar-refractivity contribution in [1.82, 2.24) is 14.5 Å². The number of carboxylic acids is 2. The first kappa shape index (κ1) is 33.1. The molecule has 15 heteroatoms. The van der Waals surface area contributed by atoms with Crippen molar-refractivity contribution >= 4 is 39.7 Å². The average molecular weight is 643 g/mol. The molecule has 0 spiro atoms. The van der Waals surface area contributed by atoms with Gasteiger partial charge < -0.3 is 29.7 Å². The first-order chi connectivity index (χ1) is 21.4. The maximum Gasteiger partial charge on any atom is 0.335 e. The number of carbonyl (C=O) groups excluding carboxylic acids is 2. The van der Waals surface area contributed by atoms with Gasteiger partial charge in [0.2, 0.25) is 5.91 Å². The molecular formula is C30H34N4O10S. The Bertz CT molecular complexity index is 1650. The minimum absolute atomic E-state index is 0.0127. The predicted molar refractivity (Wildman–Crippen MR) is 160 cm³/mol. The lowest BCUT2D eigenvalue weighted by Gasteiger charge is -2.27. The van der Waals surface area contributed by atoms with E-state index in [0.29, 0.717) is 18.6 Å². The van der Waals surface area contributed by atoms with Crippen LogP contribution in [-0.4, -0.2) is 80.1 Å². The fourth-order valence-electron chi connectivity index (χ4n) is 5.22. The Labute approximate surface area is 259 Å². The van der Waals surface area contributed by atoms with Crippen molar-refractivity contribution < 1.29 is 47.1 Å². The number of unbranched alkanes of at least 4 members (excludes halogenated alkanes) is 3. The summed E-state index contributed by atoms with van der Waals surface area (Å²) < 4.78 is 40.4. The van der Waals surface area contributed by atoms with Crippen molar-refractivity contribution in [2.75, 3.05) is 11.9 Å². The highest BCUT2D eigenvalue weighted by Gasteiger charge is 2.43. The molecule has 1 aliphatic heterocycles. The predicted octanol–water partition coefficient (Wildman–Crippen LogP) is 3.72. The highest BCUT2D eigenvalue weighted by atomic mass is 32.2. The van der Waals surface area contributed by atoms with Crippen molar-refractivity contribution in [3.63, 3.8) is 0 Å². The normalized spacial score (nSPS) is 17.1. The van der Waals surface area contributed by atoms with Crippen LogP contribution >= 0.6 is 0 Å². The van der Waals surface area contributed by atoms with E-state index in [4.69, 9.17) is 9.84 Å². The Morgan fingerprint density at radius 3 is 2.40 bits per heavy atom. The molecule has 1 aliphatic rings. The number of nitrogens with zero attached hydrogens (tertiary/aromatic N) is 3. The Balaban J connectivity index is 1.54. The Hall–Kier alpha value is -4.76. The standard InChI is InChI=1S/C30H34N4O10S/c1-2-3-4-5-9-23(33-17-26(31-18-33)32-27(35)22-8-6-7-10-25(22)45(41,42)43)28(36)34-16-21(15-24(34)30(39)40)44-20-13-11-19(12-14-20)29(37)38/h6-8,10-14,17-18,21,23-24H,2-5,9,15-16H2,1H3,(H,32,35)(H,37,38)(H,39,40)(H,41,42,43)/t21-,23?,24-/m0/s1. The summed E-state index contributed by atoms with van der Waals surface area (Å²) >= 11 is 0. The van der Waals surface area contributed by atoms with E-state index in [-0.39, 0.29) is 29.9 Å². The molecule has 1 fully saturated rings. The van der Waals surface area contributed by atoms with Crippen LogP contribution in [-0.2, 0) is 19.7 Å². The van der Waals surface area contributed by atoms with Crippen molar-refractivity contribution in [2.45, 2.75) is 68.5 Å². The molecule has 0 bridgehead atoms. The summed E-state index contributed by atoms with van der Waals surface area (Å²) in [7, 11) is -4.68. The molecule has 240 valence electrons. The summed E-state index contributed by atoms with van der Waals surface area (Å²) in [5.74, 6) is -3.26. The summed E-state index contributed by atoms with van der Waals surface area (Å²) in [6, 6.07) is 8.76. The number of aliphatic carboxylic acids is 1. The summed E-state index contributed by atoms with van der Waals surface area (Å²) in [6.07, 6.45) is 5.85. The Morgan fingerprint density at radius 2 is 1.76 bits per heavy atom. The monoisotopic (exact) mass is 642 g/mol. The molecule has 2 amide bonds. The number of imidazole rings is 1. The van der Waals surface area contributed by atoms with Gasteiger partial charge in [0, 0.05) is 12.6 Å². The zero-order valence-corrected chi connectivity index (χ0v) is 25.2. The second-order valence-corrected chi connectivity index (χ2v) is 12.0. The Kier molecular flexibility index (Phi) is 10.6. The molecule has 45 heavy (non-hydrogen) atoms. The number of likely N-dealkylation sites (tertiary alicyclic amines) is 1. The SMILES string of the molecule is CCCCCCC(C(=O)N1C[C@@H](Oc2ccc(C(=O)O)cc2)C[C@H]1C(=O)O)n1cnc(NC(=O)c2ccccc2S(=O)(=O)O)c1. The first-order valence-electron chi connectivity index (χ1n) is 14.3. The van der Waals surface area contributed by atoms with Gasteiger partial charge in [0.1, 0.15) is 28.8 Å². The molecule has 1 saturated heterocycles. The molecule has 0 saturated carbocycles. The third-order valence-electron chi connectivity index (χ3n) is 7.46. The minimum Gasteiger partial charge on any atom is -0.488 e. The van der Waals surface area contributed by atoms with Crippen LogP contribution in [0.3, 0.4) is 0 Å². The smallest absolute Gasteiger partial charge is 0.335 e. The van der Waals surface area contributed by atoms with Gasteiger partial charge >= 0.3 is 11.9 Å². The van der Waals surface area contributed by atoms with Gasteiger partial charge in [-0.25, -0.2) is 14.6 Å². The van der Waals surface area contributed by atoms with Crippen LogP contribution in [0.4, 0.5) is 5.82 Å². The molecule has 0 aliphatic carbocycles. The third kappa shape index (κ3) is 8.25. The van der Waals surface area contributed by atoms with Gasteiger partial charge in [-0.05, 0) is 42.8 Å². The molecule has 4 rings (SSSR count). The molecule has 2 aromatic carbocycles. The van der Waals surface area contributed by atoms with Crippen molar-refractivity contribution in [1.29, 1.82) is 0 Å². The number of hydrogen-bond acceptors (Lipinski definition) is 8. The number of nitrogens with one attached hydrogen (secondary N) is 1. The fourth-order valence-corrected chi connectivity index (χ4v) is 5.91. The number of aromatic carboxylic acids is 1. The zero-order chi connectivity index (χ0) is 32.7. The topological polar surface area (TPSA) is 205 Å². The molecule has 3 atom stereocenters. The molecule has 1 unspecified atom stereocenters. The molecule has 4 N–H and O–H groups in total. The van der Waals surface area contributed by atoms with Crippen LogP contribution < -0.4 is 10.1 Å². The molecule has 0 radical (unpaired) electrons. The number of carbonyl (C=O) groups is 4. The average Bonchev–Trinajstić information content (AvgIpc) is 3.64. The molecule has 1 aromatic heterocycles. The van der Waals surface area contributed by atoms with Gasteiger partial charge in [-0.1, -0.05) is 44.7 Å².